The van der Waals surface area contributed by atoms with Gasteiger partial charge in [0.1, 0.15) is 5.78 Å². The summed E-state index contributed by atoms with van der Waals surface area (Å²) in [6, 6.07) is 10.3. The third kappa shape index (κ3) is 2.26. The van der Waals surface area contributed by atoms with Gasteiger partial charge in [-0.15, -0.1) is 0 Å². The molecule has 80 valence electrons. The highest BCUT2D eigenvalue weighted by Gasteiger charge is 2.29. The first-order chi connectivity index (χ1) is 7.29. The van der Waals surface area contributed by atoms with Gasteiger partial charge in [-0.3, -0.25) is 4.79 Å². The second-order valence-electron chi connectivity index (χ2n) is 4.23. The molecule has 1 aliphatic heterocycles. The number of ketones is 1. The molecule has 1 saturated heterocycles. The summed E-state index contributed by atoms with van der Waals surface area (Å²) in [5.74, 6) is 0.886. The van der Waals surface area contributed by atoms with Crippen LogP contribution < -0.4 is 5.32 Å². The van der Waals surface area contributed by atoms with Crippen LogP contribution in [0.15, 0.2) is 30.3 Å². The Bertz CT molecular complexity index is 334. The molecule has 0 aliphatic carbocycles. The Kier molecular flexibility index (Phi) is 3.17. The van der Waals surface area contributed by atoms with E-state index in [0.717, 1.165) is 19.5 Å². The second kappa shape index (κ2) is 4.58. The molecular weight excluding hydrogens is 186 g/mol. The summed E-state index contributed by atoms with van der Waals surface area (Å²) in [5, 5.41) is 3.37. The van der Waals surface area contributed by atoms with Crippen LogP contribution in [0.1, 0.15) is 24.8 Å². The minimum atomic E-state index is 0.202. The Hall–Kier alpha value is -1.15. The standard InChI is InChI=1S/C13H17NO/c1-10(15)12-7-8-14-9-13(12)11-5-3-2-4-6-11/h2-6,12-14H,7-9H2,1H3/t12-,13-/m0/s1. The number of carbonyl (C=O) groups is 1. The fourth-order valence-electron chi connectivity index (χ4n) is 2.40. The Morgan fingerprint density at radius 1 is 1.33 bits per heavy atom. The summed E-state index contributed by atoms with van der Waals surface area (Å²) in [5.41, 5.74) is 1.28. The summed E-state index contributed by atoms with van der Waals surface area (Å²) in [7, 11) is 0. The summed E-state index contributed by atoms with van der Waals surface area (Å²) < 4.78 is 0. The van der Waals surface area contributed by atoms with Gasteiger partial charge in [0.25, 0.3) is 0 Å². The summed E-state index contributed by atoms with van der Waals surface area (Å²) >= 11 is 0. The van der Waals surface area contributed by atoms with Crippen LogP contribution in [-0.4, -0.2) is 18.9 Å². The number of carbonyl (C=O) groups excluding carboxylic acids is 1. The Morgan fingerprint density at radius 3 is 2.73 bits per heavy atom. The molecule has 0 radical (unpaired) electrons. The quantitative estimate of drug-likeness (QED) is 0.796. The van der Waals surface area contributed by atoms with Crippen molar-refractivity contribution in [3.63, 3.8) is 0 Å². The maximum absolute atomic E-state index is 11.6. The number of hydrogen-bond acceptors (Lipinski definition) is 2. The molecule has 1 fully saturated rings. The predicted octanol–water partition coefficient (Wildman–Crippen LogP) is 1.97. The van der Waals surface area contributed by atoms with Crippen molar-refractivity contribution in [2.24, 2.45) is 5.92 Å². The van der Waals surface area contributed by atoms with Crippen molar-refractivity contribution < 1.29 is 4.79 Å². The van der Waals surface area contributed by atoms with Crippen LogP contribution in [0.3, 0.4) is 0 Å². The van der Waals surface area contributed by atoms with Gasteiger partial charge in [-0.05, 0) is 25.5 Å². The van der Waals surface area contributed by atoms with E-state index in [9.17, 15) is 4.79 Å². The van der Waals surface area contributed by atoms with E-state index in [1.807, 2.05) is 18.2 Å². The van der Waals surface area contributed by atoms with E-state index in [4.69, 9.17) is 0 Å². The molecule has 0 aromatic heterocycles. The minimum Gasteiger partial charge on any atom is -0.316 e. The number of Topliss-reactive ketones (excluding diaryl/α,β-unsaturated/α-hetero) is 1. The number of piperidine rings is 1. The van der Waals surface area contributed by atoms with E-state index in [1.54, 1.807) is 6.92 Å². The lowest BCUT2D eigenvalue weighted by molar-refractivity contribution is -0.122. The van der Waals surface area contributed by atoms with Crippen molar-refractivity contribution in [2.45, 2.75) is 19.3 Å². The zero-order valence-electron chi connectivity index (χ0n) is 9.07. The second-order valence-corrected chi connectivity index (χ2v) is 4.23. The third-order valence-electron chi connectivity index (χ3n) is 3.23. The van der Waals surface area contributed by atoms with Crippen molar-refractivity contribution in [3.8, 4) is 0 Å². The van der Waals surface area contributed by atoms with E-state index in [0.29, 0.717) is 11.7 Å². The maximum atomic E-state index is 11.6. The molecule has 0 bridgehead atoms. The smallest absolute Gasteiger partial charge is 0.133 e. The van der Waals surface area contributed by atoms with Crippen LogP contribution in [0.2, 0.25) is 0 Å². The van der Waals surface area contributed by atoms with E-state index in [1.165, 1.54) is 5.56 Å². The first-order valence-electron chi connectivity index (χ1n) is 5.55. The molecule has 1 heterocycles. The lowest BCUT2D eigenvalue weighted by Gasteiger charge is -2.30. The van der Waals surface area contributed by atoms with Crippen LogP contribution in [-0.2, 0) is 4.79 Å². The highest BCUT2D eigenvalue weighted by Crippen LogP contribution is 2.29. The molecule has 1 aliphatic rings. The highest BCUT2D eigenvalue weighted by atomic mass is 16.1. The van der Waals surface area contributed by atoms with Crippen LogP contribution >= 0.6 is 0 Å². The molecule has 1 aromatic carbocycles. The zero-order chi connectivity index (χ0) is 10.7. The van der Waals surface area contributed by atoms with Gasteiger partial charge in [0.05, 0.1) is 0 Å². The molecule has 15 heavy (non-hydrogen) atoms. The molecule has 0 amide bonds. The van der Waals surface area contributed by atoms with E-state index in [2.05, 4.69) is 17.4 Å². The average molecular weight is 203 g/mol. The van der Waals surface area contributed by atoms with Crippen molar-refractivity contribution in [1.29, 1.82) is 0 Å². The highest BCUT2D eigenvalue weighted by molar-refractivity contribution is 5.79. The number of rotatable bonds is 2. The van der Waals surface area contributed by atoms with E-state index >= 15 is 0 Å². The van der Waals surface area contributed by atoms with E-state index in [-0.39, 0.29) is 5.92 Å². The Labute approximate surface area is 90.7 Å². The Morgan fingerprint density at radius 2 is 2.07 bits per heavy atom. The van der Waals surface area contributed by atoms with Gasteiger partial charge < -0.3 is 5.32 Å². The molecule has 0 spiro atoms. The normalized spacial score (nSPS) is 26.2. The molecule has 2 atom stereocenters. The fraction of sp³-hybridized carbons (Fsp3) is 0.462. The third-order valence-corrected chi connectivity index (χ3v) is 3.23. The number of nitrogens with one attached hydrogen (secondary N) is 1. The molecule has 1 aromatic rings. The lowest BCUT2D eigenvalue weighted by atomic mass is 9.79. The topological polar surface area (TPSA) is 29.1 Å². The average Bonchev–Trinajstić information content (AvgIpc) is 2.30. The van der Waals surface area contributed by atoms with Gasteiger partial charge in [-0.2, -0.15) is 0 Å². The first kappa shape index (κ1) is 10.4. The molecular formula is C13H17NO. The molecule has 0 saturated carbocycles. The molecule has 0 unspecified atom stereocenters. The molecule has 2 rings (SSSR count). The molecule has 2 heteroatoms. The van der Waals surface area contributed by atoms with Crippen molar-refractivity contribution in [2.75, 3.05) is 13.1 Å². The number of hydrogen-bond donors (Lipinski definition) is 1. The lowest BCUT2D eigenvalue weighted by Crippen LogP contribution is -2.38. The largest absolute Gasteiger partial charge is 0.316 e. The maximum Gasteiger partial charge on any atom is 0.133 e. The van der Waals surface area contributed by atoms with Gasteiger partial charge in [0.15, 0.2) is 0 Å². The zero-order valence-corrected chi connectivity index (χ0v) is 9.07. The minimum absolute atomic E-state index is 0.202. The Balaban J connectivity index is 2.22. The van der Waals surface area contributed by atoms with Crippen molar-refractivity contribution in [3.05, 3.63) is 35.9 Å². The van der Waals surface area contributed by atoms with Gasteiger partial charge >= 0.3 is 0 Å². The summed E-state index contributed by atoms with van der Waals surface area (Å²) in [6.45, 7) is 3.60. The van der Waals surface area contributed by atoms with Crippen LogP contribution in [0, 0.1) is 5.92 Å². The SMILES string of the molecule is CC(=O)[C@@H]1CCNC[C@H]1c1ccccc1. The van der Waals surface area contributed by atoms with E-state index < -0.39 is 0 Å². The fourth-order valence-corrected chi connectivity index (χ4v) is 2.40. The van der Waals surface area contributed by atoms with Gasteiger partial charge in [0.2, 0.25) is 0 Å². The molecule has 2 nitrogen and oxygen atoms in total. The van der Waals surface area contributed by atoms with Crippen LogP contribution in [0.5, 0.6) is 0 Å². The summed E-state index contributed by atoms with van der Waals surface area (Å²) in [4.78, 5) is 11.6. The van der Waals surface area contributed by atoms with Gasteiger partial charge in [0, 0.05) is 18.4 Å². The van der Waals surface area contributed by atoms with Crippen molar-refractivity contribution >= 4 is 5.78 Å². The molecule has 1 N–H and O–H groups in total. The monoisotopic (exact) mass is 203 g/mol. The van der Waals surface area contributed by atoms with Gasteiger partial charge in [-0.1, -0.05) is 30.3 Å². The van der Waals surface area contributed by atoms with Gasteiger partial charge in [-0.25, -0.2) is 0 Å². The number of benzene rings is 1. The summed E-state index contributed by atoms with van der Waals surface area (Å²) in [6.07, 6.45) is 0.967. The van der Waals surface area contributed by atoms with Crippen LogP contribution in [0.4, 0.5) is 0 Å². The predicted molar refractivity (Wildman–Crippen MR) is 60.8 cm³/mol. The van der Waals surface area contributed by atoms with Crippen LogP contribution in [0.25, 0.3) is 0 Å². The first-order valence-corrected chi connectivity index (χ1v) is 5.55. The van der Waals surface area contributed by atoms with Crippen molar-refractivity contribution in [1.82, 2.24) is 5.32 Å².